The fourth-order valence-corrected chi connectivity index (χ4v) is 3.90. The number of aliphatic imine (C=N–C) groups is 1. The van der Waals surface area contributed by atoms with Crippen LogP contribution in [0.1, 0.15) is 32.3 Å². The van der Waals surface area contributed by atoms with E-state index in [4.69, 9.17) is 14.5 Å². The first-order valence-electron chi connectivity index (χ1n) is 10.9. The predicted molar refractivity (Wildman–Crippen MR) is 114 cm³/mol. The maximum atomic E-state index is 5.74. The zero-order valence-corrected chi connectivity index (χ0v) is 17.5. The third-order valence-electron chi connectivity index (χ3n) is 5.39. The van der Waals surface area contributed by atoms with Crippen LogP contribution >= 0.6 is 0 Å². The third kappa shape index (κ3) is 6.11. The van der Waals surface area contributed by atoms with Gasteiger partial charge in [0.1, 0.15) is 5.75 Å². The van der Waals surface area contributed by atoms with E-state index in [1.807, 2.05) is 6.07 Å². The maximum Gasteiger partial charge on any atom is 0.193 e. The smallest absolute Gasteiger partial charge is 0.193 e. The number of morpholine rings is 1. The molecule has 0 saturated carbocycles. The van der Waals surface area contributed by atoms with Crippen LogP contribution in [0.3, 0.4) is 0 Å². The number of hydrogen-bond acceptors (Lipinski definition) is 4. The van der Waals surface area contributed by atoms with Crippen LogP contribution in [-0.4, -0.2) is 80.9 Å². The lowest BCUT2D eigenvalue weighted by molar-refractivity contribution is 0.0195. The highest BCUT2D eigenvalue weighted by molar-refractivity contribution is 5.80. The molecule has 3 rings (SSSR count). The minimum atomic E-state index is 0.625. The molecular weight excluding hydrogens is 352 g/mol. The van der Waals surface area contributed by atoms with Gasteiger partial charge in [-0.3, -0.25) is 9.89 Å². The second kappa shape index (κ2) is 11.3. The van der Waals surface area contributed by atoms with Crippen molar-refractivity contribution in [3.8, 4) is 5.75 Å². The molecule has 2 aliphatic heterocycles. The Balaban J connectivity index is 1.53. The van der Waals surface area contributed by atoms with Gasteiger partial charge in [-0.2, -0.15) is 0 Å². The predicted octanol–water partition coefficient (Wildman–Crippen LogP) is 2.39. The van der Waals surface area contributed by atoms with Gasteiger partial charge in [-0.05, 0) is 43.9 Å². The molecule has 0 radical (unpaired) electrons. The number of ether oxygens (including phenoxy) is 2. The molecule has 1 aromatic rings. The fraction of sp³-hybridized carbons (Fsp3) is 0.682. The normalized spacial score (nSPS) is 21.1. The number of nitrogens with one attached hydrogen (secondary N) is 1. The highest BCUT2D eigenvalue weighted by Crippen LogP contribution is 2.17. The second-order valence-electron chi connectivity index (χ2n) is 7.52. The molecule has 2 heterocycles. The van der Waals surface area contributed by atoms with Crippen LogP contribution in [0.5, 0.6) is 5.75 Å². The summed E-state index contributed by atoms with van der Waals surface area (Å²) in [5.74, 6) is 2.01. The Hall–Kier alpha value is -1.79. The van der Waals surface area contributed by atoms with Crippen LogP contribution in [-0.2, 0) is 11.2 Å². The third-order valence-corrected chi connectivity index (χ3v) is 5.39. The van der Waals surface area contributed by atoms with Crippen LogP contribution in [0.25, 0.3) is 0 Å². The van der Waals surface area contributed by atoms with Crippen LogP contribution < -0.4 is 10.1 Å². The summed E-state index contributed by atoms with van der Waals surface area (Å²) in [5, 5.41) is 3.48. The molecule has 2 saturated heterocycles. The molecule has 6 nitrogen and oxygen atoms in total. The molecule has 0 spiro atoms. The minimum Gasteiger partial charge on any atom is -0.494 e. The standard InChI is InChI=1S/C22H36N4O2/c1-3-14-28-21-7-5-6-19(17-21)8-10-24-22(23-4-2)26-11-9-20(18-26)25-12-15-27-16-13-25/h5-7,17,20H,3-4,8-16,18H2,1-2H3,(H,23,24). The van der Waals surface area contributed by atoms with Crippen LogP contribution in [0.15, 0.2) is 29.3 Å². The monoisotopic (exact) mass is 388 g/mol. The van der Waals surface area contributed by atoms with E-state index in [-0.39, 0.29) is 0 Å². The summed E-state index contributed by atoms with van der Waals surface area (Å²) in [6.45, 7) is 12.7. The Morgan fingerprint density at radius 3 is 2.89 bits per heavy atom. The van der Waals surface area contributed by atoms with Crippen LogP contribution in [0.4, 0.5) is 0 Å². The van der Waals surface area contributed by atoms with Crippen molar-refractivity contribution in [3.05, 3.63) is 29.8 Å². The van der Waals surface area contributed by atoms with E-state index >= 15 is 0 Å². The largest absolute Gasteiger partial charge is 0.494 e. The lowest BCUT2D eigenvalue weighted by atomic mass is 10.1. The molecule has 2 fully saturated rings. The van der Waals surface area contributed by atoms with Crippen LogP contribution in [0, 0.1) is 0 Å². The minimum absolute atomic E-state index is 0.625. The summed E-state index contributed by atoms with van der Waals surface area (Å²) in [5.41, 5.74) is 1.28. The van der Waals surface area contributed by atoms with Crippen molar-refractivity contribution in [1.29, 1.82) is 0 Å². The van der Waals surface area contributed by atoms with E-state index in [2.05, 4.69) is 47.2 Å². The van der Waals surface area contributed by atoms with Gasteiger partial charge >= 0.3 is 0 Å². The number of hydrogen-bond donors (Lipinski definition) is 1. The average molecular weight is 389 g/mol. The molecular formula is C22H36N4O2. The fourth-order valence-electron chi connectivity index (χ4n) is 3.90. The Kier molecular flexibility index (Phi) is 8.42. The Bertz CT molecular complexity index is 616. The summed E-state index contributed by atoms with van der Waals surface area (Å²) in [6.07, 6.45) is 3.17. The van der Waals surface area contributed by atoms with E-state index in [0.717, 1.165) is 83.6 Å². The van der Waals surface area contributed by atoms with E-state index in [0.29, 0.717) is 6.04 Å². The first-order valence-corrected chi connectivity index (χ1v) is 10.9. The van der Waals surface area contributed by atoms with Gasteiger partial charge in [-0.1, -0.05) is 19.1 Å². The summed E-state index contributed by atoms with van der Waals surface area (Å²) in [4.78, 5) is 9.91. The Morgan fingerprint density at radius 1 is 1.25 bits per heavy atom. The van der Waals surface area contributed by atoms with Crippen LogP contribution in [0.2, 0.25) is 0 Å². The van der Waals surface area contributed by atoms with Gasteiger partial charge in [0.15, 0.2) is 5.96 Å². The van der Waals surface area contributed by atoms with E-state index in [1.54, 1.807) is 0 Å². The SMILES string of the molecule is CCCOc1cccc(CCN=C(NCC)N2CCC(N3CCOCC3)C2)c1. The van der Waals surface area contributed by atoms with Crippen molar-refractivity contribution in [2.24, 2.45) is 4.99 Å². The lowest BCUT2D eigenvalue weighted by Gasteiger charge is -2.32. The van der Waals surface area contributed by atoms with Gasteiger partial charge in [0.2, 0.25) is 0 Å². The molecule has 156 valence electrons. The molecule has 28 heavy (non-hydrogen) atoms. The molecule has 1 unspecified atom stereocenters. The van der Waals surface area contributed by atoms with Gasteiger partial charge in [-0.25, -0.2) is 0 Å². The number of nitrogens with zero attached hydrogens (tertiary/aromatic N) is 3. The van der Waals surface area contributed by atoms with Crippen molar-refractivity contribution >= 4 is 5.96 Å². The molecule has 0 aliphatic carbocycles. The van der Waals surface area contributed by atoms with E-state index in [9.17, 15) is 0 Å². The first-order chi connectivity index (χ1) is 13.8. The van der Waals surface area contributed by atoms with Gasteiger partial charge < -0.3 is 19.7 Å². The molecule has 1 aromatic carbocycles. The molecule has 0 bridgehead atoms. The van der Waals surface area contributed by atoms with Gasteiger partial charge in [0.25, 0.3) is 0 Å². The van der Waals surface area contributed by atoms with Crippen molar-refractivity contribution in [1.82, 2.24) is 15.1 Å². The number of likely N-dealkylation sites (tertiary alicyclic amines) is 1. The molecule has 1 atom stereocenters. The molecule has 1 N–H and O–H groups in total. The topological polar surface area (TPSA) is 49.3 Å². The molecule has 0 aromatic heterocycles. The van der Waals surface area contributed by atoms with Crippen molar-refractivity contribution in [3.63, 3.8) is 0 Å². The van der Waals surface area contributed by atoms with E-state index < -0.39 is 0 Å². The number of benzene rings is 1. The zero-order valence-electron chi connectivity index (χ0n) is 17.5. The summed E-state index contributed by atoms with van der Waals surface area (Å²) < 4.78 is 11.2. The Morgan fingerprint density at radius 2 is 2.11 bits per heavy atom. The lowest BCUT2D eigenvalue weighted by Crippen LogP contribution is -2.46. The summed E-state index contributed by atoms with van der Waals surface area (Å²) in [6, 6.07) is 9.03. The quantitative estimate of drug-likeness (QED) is 0.547. The highest BCUT2D eigenvalue weighted by Gasteiger charge is 2.30. The number of guanidine groups is 1. The average Bonchev–Trinajstić information content (AvgIpc) is 3.23. The first kappa shape index (κ1) is 20.9. The van der Waals surface area contributed by atoms with Gasteiger partial charge in [0, 0.05) is 45.3 Å². The van der Waals surface area contributed by atoms with Gasteiger partial charge in [-0.15, -0.1) is 0 Å². The second-order valence-corrected chi connectivity index (χ2v) is 7.52. The molecule has 6 heteroatoms. The zero-order chi connectivity index (χ0) is 19.6. The molecule has 0 amide bonds. The van der Waals surface area contributed by atoms with Gasteiger partial charge in [0.05, 0.1) is 19.8 Å². The van der Waals surface area contributed by atoms with E-state index in [1.165, 1.54) is 12.0 Å². The molecule has 2 aliphatic rings. The van der Waals surface area contributed by atoms with Crippen molar-refractivity contribution in [2.75, 3.05) is 59.1 Å². The highest BCUT2D eigenvalue weighted by atomic mass is 16.5. The number of rotatable bonds is 8. The summed E-state index contributed by atoms with van der Waals surface area (Å²) in [7, 11) is 0. The van der Waals surface area contributed by atoms with Crippen molar-refractivity contribution in [2.45, 2.75) is 39.2 Å². The maximum absolute atomic E-state index is 5.74. The van der Waals surface area contributed by atoms with Crippen molar-refractivity contribution < 1.29 is 9.47 Å². The summed E-state index contributed by atoms with van der Waals surface area (Å²) >= 11 is 0. The Labute approximate surface area is 169 Å².